The van der Waals surface area contributed by atoms with E-state index in [2.05, 4.69) is 4.74 Å². The van der Waals surface area contributed by atoms with Gasteiger partial charge in [0.2, 0.25) is 0 Å². The van der Waals surface area contributed by atoms with Crippen LogP contribution in [0.25, 0.3) is 0 Å². The van der Waals surface area contributed by atoms with E-state index in [1.807, 2.05) is 0 Å². The van der Waals surface area contributed by atoms with E-state index in [-0.39, 0.29) is 10.6 Å². The van der Waals surface area contributed by atoms with Crippen LogP contribution in [0.5, 0.6) is 0 Å². The van der Waals surface area contributed by atoms with Gasteiger partial charge in [-0.05, 0) is 19.1 Å². The fourth-order valence-electron chi connectivity index (χ4n) is 1.35. The van der Waals surface area contributed by atoms with Crippen molar-refractivity contribution in [2.75, 3.05) is 6.61 Å². The summed E-state index contributed by atoms with van der Waals surface area (Å²) in [5, 5.41) is 10.6. The fraction of sp³-hybridized carbons (Fsp3) is 0.333. The van der Waals surface area contributed by atoms with Crippen molar-refractivity contribution in [2.45, 2.75) is 18.8 Å². The molecule has 0 aromatic heterocycles. The van der Waals surface area contributed by atoms with E-state index in [1.54, 1.807) is 0 Å². The van der Waals surface area contributed by atoms with E-state index in [9.17, 15) is 27.9 Å². The van der Waals surface area contributed by atoms with E-state index in [0.717, 1.165) is 6.07 Å². The molecule has 5 nitrogen and oxygen atoms in total. The summed E-state index contributed by atoms with van der Waals surface area (Å²) in [6.45, 7) is 0.851. The number of aliphatic hydroxyl groups is 1. The van der Waals surface area contributed by atoms with Gasteiger partial charge < -0.3 is 15.2 Å². The minimum Gasteiger partial charge on any atom is -0.462 e. The third-order valence-electron chi connectivity index (χ3n) is 2.39. The Kier molecular flexibility index (Phi) is 5.19. The molecular weight excluding hydrogens is 315 g/mol. The molecule has 0 bridgehead atoms. The number of amides is 1. The van der Waals surface area contributed by atoms with Gasteiger partial charge in [-0.15, -0.1) is 0 Å². The summed E-state index contributed by atoms with van der Waals surface area (Å²) in [6, 6.07) is 5.23. The standard InChI is InChI=1S/C12H11ClF3NO4/c1-2-21-10(19)11(20,12(14,15)16)17-9(18)7-5-3-4-6-8(7)13/h3-6,20H,2H2,1H3,(H,17,18)/t11-/m0/s1. The summed E-state index contributed by atoms with van der Waals surface area (Å²) in [5.74, 6) is -3.40. The SMILES string of the molecule is CCOC(=O)[C@@](O)(NC(=O)c1ccccc1Cl)C(F)(F)F. The average molecular weight is 326 g/mol. The van der Waals surface area contributed by atoms with Crippen LogP contribution in [-0.4, -0.2) is 35.5 Å². The summed E-state index contributed by atoms with van der Waals surface area (Å²) < 4.78 is 42.7. The fourth-order valence-corrected chi connectivity index (χ4v) is 1.57. The van der Waals surface area contributed by atoms with Gasteiger partial charge in [-0.1, -0.05) is 23.7 Å². The van der Waals surface area contributed by atoms with Gasteiger partial charge in [-0.2, -0.15) is 13.2 Å². The molecule has 1 aromatic rings. The Morgan fingerprint density at radius 2 is 1.90 bits per heavy atom. The van der Waals surface area contributed by atoms with E-state index in [1.165, 1.54) is 30.4 Å². The molecule has 0 radical (unpaired) electrons. The van der Waals surface area contributed by atoms with Crippen LogP contribution in [-0.2, 0) is 9.53 Å². The number of ether oxygens (including phenoxy) is 1. The predicted octanol–water partition coefficient (Wildman–Crippen LogP) is 1.88. The molecule has 1 atom stereocenters. The molecule has 0 heterocycles. The van der Waals surface area contributed by atoms with Crippen LogP contribution in [0.2, 0.25) is 5.02 Å². The largest absolute Gasteiger partial charge is 0.462 e. The number of esters is 1. The monoisotopic (exact) mass is 325 g/mol. The number of carbonyl (C=O) groups excluding carboxylic acids is 2. The lowest BCUT2D eigenvalue weighted by Crippen LogP contribution is -2.64. The Balaban J connectivity index is 3.11. The molecule has 0 unspecified atom stereocenters. The second-order valence-corrected chi connectivity index (χ2v) is 4.27. The van der Waals surface area contributed by atoms with Crippen molar-refractivity contribution in [3.05, 3.63) is 34.9 Å². The summed E-state index contributed by atoms with van der Waals surface area (Å²) in [7, 11) is 0. The first-order valence-electron chi connectivity index (χ1n) is 5.67. The third kappa shape index (κ3) is 3.64. The zero-order valence-corrected chi connectivity index (χ0v) is 11.5. The van der Waals surface area contributed by atoms with Crippen LogP contribution >= 0.6 is 11.6 Å². The number of nitrogens with one attached hydrogen (secondary N) is 1. The Bertz CT molecular complexity index is 550. The second kappa shape index (κ2) is 6.31. The molecule has 0 aliphatic heterocycles. The summed E-state index contributed by atoms with van der Waals surface area (Å²) in [5.41, 5.74) is -4.48. The van der Waals surface area contributed by atoms with Crippen molar-refractivity contribution in [2.24, 2.45) is 0 Å². The molecule has 0 saturated carbocycles. The molecule has 0 spiro atoms. The molecule has 21 heavy (non-hydrogen) atoms. The maximum absolute atomic E-state index is 12.9. The van der Waals surface area contributed by atoms with Gasteiger partial charge in [0.1, 0.15) is 0 Å². The maximum atomic E-state index is 12.9. The second-order valence-electron chi connectivity index (χ2n) is 3.86. The Hall–Kier alpha value is -1.80. The number of rotatable bonds is 4. The number of benzene rings is 1. The van der Waals surface area contributed by atoms with Gasteiger partial charge in [0.15, 0.2) is 0 Å². The molecule has 9 heteroatoms. The first-order valence-corrected chi connectivity index (χ1v) is 6.04. The maximum Gasteiger partial charge on any atom is 0.448 e. The van der Waals surface area contributed by atoms with Crippen LogP contribution in [0.15, 0.2) is 24.3 Å². The summed E-state index contributed by atoms with van der Waals surface area (Å²) in [6.07, 6.45) is -5.46. The van der Waals surface area contributed by atoms with Gasteiger partial charge in [-0.25, -0.2) is 4.79 Å². The quantitative estimate of drug-likeness (QED) is 0.655. The van der Waals surface area contributed by atoms with Crippen molar-refractivity contribution in [1.82, 2.24) is 5.32 Å². The average Bonchev–Trinajstić information content (AvgIpc) is 2.37. The first-order chi connectivity index (χ1) is 9.63. The van der Waals surface area contributed by atoms with Crippen LogP contribution in [0.3, 0.4) is 0 Å². The highest BCUT2D eigenvalue weighted by Gasteiger charge is 2.62. The highest BCUT2D eigenvalue weighted by Crippen LogP contribution is 2.30. The number of halogens is 4. The highest BCUT2D eigenvalue weighted by atomic mass is 35.5. The Labute approximate surface area is 122 Å². The number of hydrogen-bond acceptors (Lipinski definition) is 4. The normalized spacial score (nSPS) is 14.2. The van der Waals surface area contributed by atoms with Crippen LogP contribution in [0, 0.1) is 0 Å². The smallest absolute Gasteiger partial charge is 0.448 e. The lowest BCUT2D eigenvalue weighted by Gasteiger charge is -2.28. The molecule has 0 fully saturated rings. The van der Waals surface area contributed by atoms with Gasteiger partial charge >= 0.3 is 17.9 Å². The number of carbonyl (C=O) groups is 2. The van der Waals surface area contributed by atoms with E-state index < -0.39 is 30.4 Å². The first kappa shape index (κ1) is 17.3. The third-order valence-corrected chi connectivity index (χ3v) is 2.72. The van der Waals surface area contributed by atoms with Crippen LogP contribution < -0.4 is 5.32 Å². The predicted molar refractivity (Wildman–Crippen MR) is 66.6 cm³/mol. The molecule has 1 aromatic carbocycles. The van der Waals surface area contributed by atoms with Gasteiger partial charge in [0.05, 0.1) is 17.2 Å². The Morgan fingerprint density at radius 3 is 2.38 bits per heavy atom. The van der Waals surface area contributed by atoms with E-state index >= 15 is 0 Å². The van der Waals surface area contributed by atoms with Gasteiger partial charge in [0.25, 0.3) is 5.91 Å². The number of alkyl halides is 3. The summed E-state index contributed by atoms with van der Waals surface area (Å²) >= 11 is 5.66. The van der Waals surface area contributed by atoms with Crippen LogP contribution in [0.1, 0.15) is 17.3 Å². The lowest BCUT2D eigenvalue weighted by molar-refractivity contribution is -0.269. The molecule has 0 aliphatic rings. The molecule has 116 valence electrons. The number of hydrogen-bond donors (Lipinski definition) is 2. The van der Waals surface area contributed by atoms with E-state index in [4.69, 9.17) is 11.6 Å². The molecule has 2 N–H and O–H groups in total. The van der Waals surface area contributed by atoms with Crippen LogP contribution in [0.4, 0.5) is 13.2 Å². The Morgan fingerprint density at radius 1 is 1.33 bits per heavy atom. The topological polar surface area (TPSA) is 75.6 Å². The van der Waals surface area contributed by atoms with Crippen molar-refractivity contribution >= 4 is 23.5 Å². The van der Waals surface area contributed by atoms with Gasteiger partial charge in [0, 0.05) is 0 Å². The molecule has 0 saturated heterocycles. The van der Waals surface area contributed by atoms with Gasteiger partial charge in [-0.3, -0.25) is 4.79 Å². The molecule has 1 amide bonds. The van der Waals surface area contributed by atoms with Crippen molar-refractivity contribution in [3.8, 4) is 0 Å². The van der Waals surface area contributed by atoms with Crippen molar-refractivity contribution in [3.63, 3.8) is 0 Å². The van der Waals surface area contributed by atoms with Crippen molar-refractivity contribution in [1.29, 1.82) is 0 Å². The van der Waals surface area contributed by atoms with E-state index in [0.29, 0.717) is 0 Å². The van der Waals surface area contributed by atoms with Crippen molar-refractivity contribution < 1.29 is 32.6 Å². The molecule has 0 aliphatic carbocycles. The molecular formula is C12H11ClF3NO4. The molecule has 1 rings (SSSR count). The minimum atomic E-state index is -5.46. The lowest BCUT2D eigenvalue weighted by atomic mass is 10.1. The zero-order chi connectivity index (χ0) is 16.3. The zero-order valence-electron chi connectivity index (χ0n) is 10.7. The minimum absolute atomic E-state index is 0.136. The summed E-state index contributed by atoms with van der Waals surface area (Å²) in [4.78, 5) is 23.1. The highest BCUT2D eigenvalue weighted by molar-refractivity contribution is 6.33.